The standard InChI is InChI=1S/C13H15BrN2O/c1-13(2,8-14)9-16-12(17)11-6-4-3-5-10(11)7-15-16/h3-7H,8-9H2,1-2H3. The van der Waals surface area contributed by atoms with Gasteiger partial charge in [-0.25, -0.2) is 4.68 Å². The van der Waals surface area contributed by atoms with E-state index in [0.29, 0.717) is 6.54 Å². The van der Waals surface area contributed by atoms with Crippen LogP contribution < -0.4 is 5.56 Å². The van der Waals surface area contributed by atoms with Gasteiger partial charge in [0.15, 0.2) is 0 Å². The maximum Gasteiger partial charge on any atom is 0.274 e. The molecule has 0 N–H and O–H groups in total. The van der Waals surface area contributed by atoms with Crippen molar-refractivity contribution in [3.8, 4) is 0 Å². The van der Waals surface area contributed by atoms with Crippen LogP contribution in [-0.2, 0) is 6.54 Å². The van der Waals surface area contributed by atoms with Crippen molar-refractivity contribution in [3.63, 3.8) is 0 Å². The Kier molecular flexibility index (Phi) is 3.33. The molecule has 1 aromatic heterocycles. The number of rotatable bonds is 3. The van der Waals surface area contributed by atoms with E-state index in [4.69, 9.17) is 0 Å². The van der Waals surface area contributed by atoms with Gasteiger partial charge in [-0.15, -0.1) is 0 Å². The molecule has 0 fully saturated rings. The van der Waals surface area contributed by atoms with Crippen molar-refractivity contribution in [1.82, 2.24) is 9.78 Å². The first-order valence-corrected chi connectivity index (χ1v) is 6.66. The molecule has 0 unspecified atom stereocenters. The molecule has 2 rings (SSSR count). The quantitative estimate of drug-likeness (QED) is 0.816. The number of benzene rings is 1. The predicted molar refractivity (Wildman–Crippen MR) is 73.6 cm³/mol. The molecule has 0 saturated carbocycles. The second-order valence-corrected chi connectivity index (χ2v) is 5.55. The topological polar surface area (TPSA) is 34.9 Å². The van der Waals surface area contributed by atoms with Gasteiger partial charge in [-0.05, 0) is 11.5 Å². The lowest BCUT2D eigenvalue weighted by Crippen LogP contribution is -2.31. The Morgan fingerprint density at radius 1 is 1.35 bits per heavy atom. The molecule has 0 atom stereocenters. The highest BCUT2D eigenvalue weighted by atomic mass is 79.9. The van der Waals surface area contributed by atoms with Crippen molar-refractivity contribution in [3.05, 3.63) is 40.8 Å². The van der Waals surface area contributed by atoms with Crippen LogP contribution in [0.25, 0.3) is 10.8 Å². The zero-order valence-electron chi connectivity index (χ0n) is 9.98. The summed E-state index contributed by atoms with van der Waals surface area (Å²) >= 11 is 3.46. The van der Waals surface area contributed by atoms with Gasteiger partial charge < -0.3 is 0 Å². The summed E-state index contributed by atoms with van der Waals surface area (Å²) in [5.74, 6) is 0. The van der Waals surface area contributed by atoms with Gasteiger partial charge in [0.1, 0.15) is 0 Å². The Morgan fingerprint density at radius 2 is 2.06 bits per heavy atom. The summed E-state index contributed by atoms with van der Waals surface area (Å²) in [4.78, 5) is 12.2. The van der Waals surface area contributed by atoms with Crippen LogP contribution >= 0.6 is 15.9 Å². The molecule has 90 valence electrons. The van der Waals surface area contributed by atoms with Crippen LogP contribution in [0.15, 0.2) is 35.3 Å². The van der Waals surface area contributed by atoms with Crippen molar-refractivity contribution in [2.75, 3.05) is 5.33 Å². The first-order chi connectivity index (χ1) is 8.03. The molecule has 0 amide bonds. The monoisotopic (exact) mass is 294 g/mol. The Bertz CT molecular complexity index is 589. The van der Waals surface area contributed by atoms with Crippen molar-refractivity contribution in [2.24, 2.45) is 5.41 Å². The van der Waals surface area contributed by atoms with Crippen LogP contribution in [0, 0.1) is 5.41 Å². The fourth-order valence-electron chi connectivity index (χ4n) is 1.69. The van der Waals surface area contributed by atoms with E-state index in [-0.39, 0.29) is 11.0 Å². The highest BCUT2D eigenvalue weighted by Crippen LogP contribution is 2.19. The van der Waals surface area contributed by atoms with Crippen LogP contribution in [0.4, 0.5) is 0 Å². The smallest absolute Gasteiger partial charge is 0.267 e. The predicted octanol–water partition coefficient (Wildman–Crippen LogP) is 2.82. The number of halogens is 1. The minimum absolute atomic E-state index is 0.0132. The molecule has 0 aliphatic rings. The van der Waals surface area contributed by atoms with Gasteiger partial charge in [0.25, 0.3) is 5.56 Å². The lowest BCUT2D eigenvalue weighted by Gasteiger charge is -2.21. The van der Waals surface area contributed by atoms with Gasteiger partial charge in [0, 0.05) is 10.7 Å². The minimum atomic E-state index is -0.0166. The molecule has 1 heterocycles. The average molecular weight is 295 g/mol. The number of alkyl halides is 1. The molecule has 0 spiro atoms. The van der Waals surface area contributed by atoms with Crippen LogP contribution in [0.2, 0.25) is 0 Å². The van der Waals surface area contributed by atoms with Gasteiger partial charge >= 0.3 is 0 Å². The molecule has 3 nitrogen and oxygen atoms in total. The number of hydrogen-bond acceptors (Lipinski definition) is 2. The molecule has 0 aliphatic carbocycles. The number of aromatic nitrogens is 2. The number of fused-ring (bicyclic) bond motifs is 1. The van der Waals surface area contributed by atoms with Crippen LogP contribution in [-0.4, -0.2) is 15.1 Å². The van der Waals surface area contributed by atoms with Crippen molar-refractivity contribution in [2.45, 2.75) is 20.4 Å². The average Bonchev–Trinajstić information content (AvgIpc) is 2.33. The van der Waals surface area contributed by atoms with Crippen LogP contribution in [0.3, 0.4) is 0 Å². The zero-order chi connectivity index (χ0) is 12.5. The summed E-state index contributed by atoms with van der Waals surface area (Å²) in [6.45, 7) is 4.82. The molecule has 2 aromatic rings. The molecular weight excluding hydrogens is 280 g/mol. The van der Waals surface area contributed by atoms with E-state index in [1.54, 1.807) is 10.9 Å². The SMILES string of the molecule is CC(C)(CBr)Cn1ncc2ccccc2c1=O. The molecule has 1 aromatic carbocycles. The summed E-state index contributed by atoms with van der Waals surface area (Å²) in [5, 5.41) is 6.68. The van der Waals surface area contributed by atoms with E-state index in [1.807, 2.05) is 24.3 Å². The fraction of sp³-hybridized carbons (Fsp3) is 0.385. The second kappa shape index (κ2) is 4.61. The summed E-state index contributed by atoms with van der Waals surface area (Å²) in [6.07, 6.45) is 1.75. The lowest BCUT2D eigenvalue weighted by atomic mass is 9.97. The Morgan fingerprint density at radius 3 is 2.76 bits per heavy atom. The maximum atomic E-state index is 12.2. The highest BCUT2D eigenvalue weighted by molar-refractivity contribution is 9.09. The maximum absolute atomic E-state index is 12.2. The molecule has 17 heavy (non-hydrogen) atoms. The van der Waals surface area contributed by atoms with Crippen molar-refractivity contribution >= 4 is 26.7 Å². The molecular formula is C13H15BrN2O. The van der Waals surface area contributed by atoms with E-state index >= 15 is 0 Å². The van der Waals surface area contributed by atoms with Gasteiger partial charge in [-0.3, -0.25) is 4.79 Å². The van der Waals surface area contributed by atoms with E-state index in [1.165, 1.54) is 0 Å². The summed E-state index contributed by atoms with van der Waals surface area (Å²) in [5.41, 5.74) is -0.00337. The zero-order valence-corrected chi connectivity index (χ0v) is 11.6. The van der Waals surface area contributed by atoms with Gasteiger partial charge in [-0.1, -0.05) is 48.0 Å². The van der Waals surface area contributed by atoms with Crippen LogP contribution in [0.1, 0.15) is 13.8 Å². The lowest BCUT2D eigenvalue weighted by molar-refractivity contribution is 0.328. The summed E-state index contributed by atoms with van der Waals surface area (Å²) in [6, 6.07) is 7.54. The molecule has 0 saturated heterocycles. The van der Waals surface area contributed by atoms with Gasteiger partial charge in [-0.2, -0.15) is 5.10 Å². The van der Waals surface area contributed by atoms with E-state index in [2.05, 4.69) is 34.9 Å². The third-order valence-corrected chi connectivity index (χ3v) is 4.22. The van der Waals surface area contributed by atoms with Gasteiger partial charge in [0.2, 0.25) is 0 Å². The number of nitrogens with zero attached hydrogens (tertiary/aromatic N) is 2. The third kappa shape index (κ3) is 2.57. The first kappa shape index (κ1) is 12.3. The molecule has 4 heteroatoms. The Labute approximate surface area is 109 Å². The molecule has 0 radical (unpaired) electrons. The summed E-state index contributed by atoms with van der Waals surface area (Å²) < 4.78 is 1.55. The van der Waals surface area contributed by atoms with E-state index < -0.39 is 0 Å². The fourth-order valence-corrected chi connectivity index (χ4v) is 1.87. The second-order valence-electron chi connectivity index (χ2n) is 4.99. The third-order valence-electron chi connectivity index (χ3n) is 2.70. The largest absolute Gasteiger partial charge is 0.274 e. The van der Waals surface area contributed by atoms with E-state index in [0.717, 1.165) is 16.1 Å². The molecule has 0 aliphatic heterocycles. The first-order valence-electron chi connectivity index (χ1n) is 5.54. The minimum Gasteiger partial charge on any atom is -0.267 e. The highest BCUT2D eigenvalue weighted by Gasteiger charge is 2.18. The van der Waals surface area contributed by atoms with Crippen LogP contribution in [0.5, 0.6) is 0 Å². The Hall–Kier alpha value is -1.16. The van der Waals surface area contributed by atoms with Gasteiger partial charge in [0.05, 0.1) is 18.1 Å². The van der Waals surface area contributed by atoms with Crippen molar-refractivity contribution < 1.29 is 0 Å². The Balaban J connectivity index is 2.50. The summed E-state index contributed by atoms with van der Waals surface area (Å²) in [7, 11) is 0. The normalized spacial score (nSPS) is 11.9. The van der Waals surface area contributed by atoms with E-state index in [9.17, 15) is 4.79 Å². The number of hydrogen-bond donors (Lipinski definition) is 0. The van der Waals surface area contributed by atoms with Crippen molar-refractivity contribution in [1.29, 1.82) is 0 Å². The molecule has 0 bridgehead atoms.